The first-order chi connectivity index (χ1) is 9.36. The van der Waals surface area contributed by atoms with Crippen LogP contribution in [0.25, 0.3) is 10.8 Å². The minimum absolute atomic E-state index is 0.0000286. The van der Waals surface area contributed by atoms with Gasteiger partial charge in [0, 0.05) is 6.21 Å². The summed E-state index contributed by atoms with van der Waals surface area (Å²) in [5.41, 5.74) is 0.869. The highest BCUT2D eigenvalue weighted by Crippen LogP contribution is 2.27. The number of nitrogens with zero attached hydrogens (tertiary/aromatic N) is 1. The number of rotatable bonds is 3. The first kappa shape index (κ1) is 11.9. The van der Waals surface area contributed by atoms with Crippen molar-refractivity contribution in [1.82, 2.24) is 0 Å². The summed E-state index contributed by atoms with van der Waals surface area (Å²) in [6, 6.07) is 11.8. The molecule has 19 heavy (non-hydrogen) atoms. The lowest BCUT2D eigenvalue weighted by atomic mass is 10.0. The predicted molar refractivity (Wildman–Crippen MR) is 76.3 cm³/mol. The molecule has 3 nitrogen and oxygen atoms in total. The van der Waals surface area contributed by atoms with Gasteiger partial charge < -0.3 is 9.84 Å². The number of aliphatic imine (C=N–C) groups is 1. The number of fused-ring (bicyclic) bond motifs is 1. The van der Waals surface area contributed by atoms with Gasteiger partial charge in [0.05, 0.1) is 6.61 Å². The molecular formula is C16H15NO2. The number of aliphatic hydroxyl groups excluding tert-OH is 1. The van der Waals surface area contributed by atoms with Crippen LogP contribution in [0.3, 0.4) is 0 Å². The fraction of sp³-hybridized carbons (Fsp3) is 0.188. The monoisotopic (exact) mass is 253 g/mol. The molecular weight excluding hydrogens is 238 g/mol. The van der Waals surface area contributed by atoms with Crippen molar-refractivity contribution in [3.05, 3.63) is 53.9 Å². The van der Waals surface area contributed by atoms with E-state index >= 15 is 0 Å². The fourth-order valence-electron chi connectivity index (χ4n) is 2.23. The van der Waals surface area contributed by atoms with Crippen LogP contribution in [-0.4, -0.2) is 11.3 Å². The van der Waals surface area contributed by atoms with Crippen molar-refractivity contribution in [2.24, 2.45) is 4.99 Å². The van der Waals surface area contributed by atoms with E-state index < -0.39 is 0 Å². The largest absolute Gasteiger partial charge is 0.439 e. The molecule has 0 fully saturated rings. The second-order valence-electron chi connectivity index (χ2n) is 4.50. The van der Waals surface area contributed by atoms with E-state index in [1.807, 2.05) is 48.7 Å². The van der Waals surface area contributed by atoms with Crippen molar-refractivity contribution >= 4 is 17.0 Å². The van der Waals surface area contributed by atoms with E-state index in [1.165, 1.54) is 0 Å². The topological polar surface area (TPSA) is 41.8 Å². The third-order valence-electron chi connectivity index (χ3n) is 3.15. The standard InChI is InChI=1S/C16H15NO2/c18-11-13-10-14(19-16-7-3-4-8-17-16)9-12-5-1-2-6-15(12)13/h1-2,5-10,18H,3-4,11H2. The Labute approximate surface area is 111 Å². The van der Waals surface area contributed by atoms with E-state index in [0.29, 0.717) is 11.6 Å². The van der Waals surface area contributed by atoms with E-state index in [2.05, 4.69) is 4.99 Å². The highest BCUT2D eigenvalue weighted by atomic mass is 16.5. The number of hydrogen-bond donors (Lipinski definition) is 1. The molecule has 2 aromatic rings. The first-order valence-corrected chi connectivity index (χ1v) is 6.40. The predicted octanol–water partition coefficient (Wildman–Crippen LogP) is 3.42. The minimum atomic E-state index is 0.0000286. The van der Waals surface area contributed by atoms with Gasteiger partial charge in [-0.15, -0.1) is 0 Å². The molecule has 0 radical (unpaired) electrons. The molecule has 1 aliphatic heterocycles. The maximum absolute atomic E-state index is 9.47. The van der Waals surface area contributed by atoms with Crippen molar-refractivity contribution in [3.63, 3.8) is 0 Å². The zero-order valence-electron chi connectivity index (χ0n) is 10.5. The summed E-state index contributed by atoms with van der Waals surface area (Å²) in [5.74, 6) is 1.35. The molecule has 96 valence electrons. The highest BCUT2D eigenvalue weighted by Gasteiger charge is 2.06. The molecule has 3 heteroatoms. The van der Waals surface area contributed by atoms with Gasteiger partial charge in [-0.2, -0.15) is 0 Å². The van der Waals surface area contributed by atoms with Crippen LogP contribution in [-0.2, 0) is 6.61 Å². The number of benzene rings is 2. The van der Waals surface area contributed by atoms with Gasteiger partial charge in [-0.3, -0.25) is 0 Å². The Bertz CT molecular complexity index is 659. The molecule has 0 aliphatic carbocycles. The smallest absolute Gasteiger partial charge is 0.214 e. The summed E-state index contributed by atoms with van der Waals surface area (Å²) in [6.07, 6.45) is 5.77. The average Bonchev–Trinajstić information content (AvgIpc) is 2.47. The third-order valence-corrected chi connectivity index (χ3v) is 3.15. The van der Waals surface area contributed by atoms with Crippen LogP contribution in [0.4, 0.5) is 0 Å². The molecule has 1 N–H and O–H groups in total. The van der Waals surface area contributed by atoms with Crippen molar-refractivity contribution in [3.8, 4) is 5.75 Å². The SMILES string of the molecule is OCc1cc(OC2=CCCC=N2)cc2ccccc12. The van der Waals surface area contributed by atoms with Gasteiger partial charge >= 0.3 is 0 Å². The van der Waals surface area contributed by atoms with E-state index in [0.717, 1.165) is 29.2 Å². The molecule has 1 heterocycles. The van der Waals surface area contributed by atoms with Crippen LogP contribution in [0, 0.1) is 0 Å². The zero-order chi connectivity index (χ0) is 13.1. The Kier molecular flexibility index (Phi) is 3.29. The second kappa shape index (κ2) is 5.24. The lowest BCUT2D eigenvalue weighted by molar-refractivity contribution is 0.282. The average molecular weight is 253 g/mol. The van der Waals surface area contributed by atoms with Gasteiger partial charge in [-0.25, -0.2) is 4.99 Å². The van der Waals surface area contributed by atoms with E-state index in [1.54, 1.807) is 0 Å². The Morgan fingerprint density at radius 2 is 2.05 bits per heavy atom. The Morgan fingerprint density at radius 3 is 2.84 bits per heavy atom. The number of ether oxygens (including phenoxy) is 1. The van der Waals surface area contributed by atoms with E-state index in [-0.39, 0.29) is 6.61 Å². The zero-order valence-corrected chi connectivity index (χ0v) is 10.5. The minimum Gasteiger partial charge on any atom is -0.439 e. The normalized spacial score (nSPS) is 14.5. The molecule has 0 bridgehead atoms. The van der Waals surface area contributed by atoms with Gasteiger partial charge in [-0.05, 0) is 47.4 Å². The lowest BCUT2D eigenvalue weighted by Gasteiger charge is -2.11. The summed E-state index contributed by atoms with van der Waals surface area (Å²) < 4.78 is 5.76. The summed E-state index contributed by atoms with van der Waals surface area (Å²) in [6.45, 7) is 0.0000286. The summed E-state index contributed by atoms with van der Waals surface area (Å²) in [4.78, 5) is 4.21. The number of allylic oxidation sites excluding steroid dienone is 1. The summed E-state index contributed by atoms with van der Waals surface area (Å²) >= 11 is 0. The molecule has 0 saturated carbocycles. The molecule has 0 saturated heterocycles. The van der Waals surface area contributed by atoms with Gasteiger partial charge in [0.15, 0.2) is 0 Å². The molecule has 1 aliphatic rings. The summed E-state index contributed by atoms with van der Waals surface area (Å²) in [7, 11) is 0. The third kappa shape index (κ3) is 2.51. The van der Waals surface area contributed by atoms with Crippen molar-refractivity contribution in [2.75, 3.05) is 0 Å². The lowest BCUT2D eigenvalue weighted by Crippen LogP contribution is -1.98. The first-order valence-electron chi connectivity index (χ1n) is 6.40. The molecule has 0 aromatic heterocycles. The second-order valence-corrected chi connectivity index (χ2v) is 4.50. The van der Waals surface area contributed by atoms with E-state index in [4.69, 9.17) is 4.74 Å². The molecule has 0 amide bonds. The number of aliphatic hydroxyl groups is 1. The van der Waals surface area contributed by atoms with Crippen LogP contribution in [0.1, 0.15) is 18.4 Å². The van der Waals surface area contributed by atoms with Gasteiger partial charge in [0.1, 0.15) is 5.75 Å². The molecule has 2 aromatic carbocycles. The van der Waals surface area contributed by atoms with Crippen LogP contribution >= 0.6 is 0 Å². The van der Waals surface area contributed by atoms with Crippen LogP contribution < -0.4 is 4.74 Å². The van der Waals surface area contributed by atoms with Gasteiger partial charge in [0.2, 0.25) is 5.88 Å². The van der Waals surface area contributed by atoms with Crippen molar-refractivity contribution in [2.45, 2.75) is 19.4 Å². The summed E-state index contributed by atoms with van der Waals surface area (Å²) in [5, 5.41) is 11.6. The Balaban J connectivity index is 2.00. The quantitative estimate of drug-likeness (QED) is 0.910. The maximum Gasteiger partial charge on any atom is 0.214 e. The molecule has 0 unspecified atom stereocenters. The molecule has 3 rings (SSSR count). The van der Waals surface area contributed by atoms with Crippen LogP contribution in [0.2, 0.25) is 0 Å². The Hall–Kier alpha value is -2.13. The van der Waals surface area contributed by atoms with Crippen molar-refractivity contribution in [1.29, 1.82) is 0 Å². The van der Waals surface area contributed by atoms with Crippen molar-refractivity contribution < 1.29 is 9.84 Å². The van der Waals surface area contributed by atoms with E-state index in [9.17, 15) is 5.11 Å². The Morgan fingerprint density at radius 1 is 1.16 bits per heavy atom. The highest BCUT2D eigenvalue weighted by molar-refractivity contribution is 5.87. The molecule has 0 atom stereocenters. The number of hydrogen-bond acceptors (Lipinski definition) is 3. The van der Waals surface area contributed by atoms with Gasteiger partial charge in [-0.1, -0.05) is 24.3 Å². The van der Waals surface area contributed by atoms with Gasteiger partial charge in [0.25, 0.3) is 0 Å². The van der Waals surface area contributed by atoms with Crippen LogP contribution in [0.5, 0.6) is 5.75 Å². The maximum atomic E-state index is 9.47. The van der Waals surface area contributed by atoms with Crippen LogP contribution in [0.15, 0.2) is 53.3 Å². The molecule has 0 spiro atoms. The fourth-order valence-corrected chi connectivity index (χ4v) is 2.23.